The Morgan fingerprint density at radius 1 is 1.30 bits per heavy atom. The zero-order valence-electron chi connectivity index (χ0n) is 11.4. The van der Waals surface area contributed by atoms with Crippen LogP contribution in [0.2, 0.25) is 0 Å². The molecule has 0 aromatic heterocycles. The second-order valence-electron chi connectivity index (χ2n) is 4.55. The van der Waals surface area contributed by atoms with Crippen LogP contribution in [0.5, 0.6) is 5.75 Å². The van der Waals surface area contributed by atoms with E-state index >= 15 is 0 Å². The molecule has 0 saturated carbocycles. The lowest BCUT2D eigenvalue weighted by Crippen LogP contribution is -2.44. The maximum atomic E-state index is 12.1. The second kappa shape index (κ2) is 5.73. The van der Waals surface area contributed by atoms with Gasteiger partial charge in [-0.3, -0.25) is 19.3 Å². The number of rotatable bonds is 4. The van der Waals surface area contributed by atoms with Crippen LogP contribution < -0.4 is 10.1 Å². The quantitative estimate of drug-likeness (QED) is 0.838. The highest BCUT2D eigenvalue weighted by atomic mass is 16.5. The van der Waals surface area contributed by atoms with Crippen LogP contribution in [0.25, 0.3) is 0 Å². The number of nitrogens with one attached hydrogen (secondary N) is 1. The van der Waals surface area contributed by atoms with Crippen molar-refractivity contribution in [3.8, 4) is 5.75 Å². The van der Waals surface area contributed by atoms with Gasteiger partial charge in [0.05, 0.1) is 7.11 Å². The summed E-state index contributed by atoms with van der Waals surface area (Å²) in [6.07, 6.45) is 0.352. The van der Waals surface area contributed by atoms with E-state index in [2.05, 4.69) is 5.32 Å². The monoisotopic (exact) mass is 276 g/mol. The van der Waals surface area contributed by atoms with Gasteiger partial charge < -0.3 is 10.1 Å². The number of nitrogens with zero attached hydrogens (tertiary/aromatic N) is 1. The van der Waals surface area contributed by atoms with Crippen molar-refractivity contribution >= 4 is 23.4 Å². The van der Waals surface area contributed by atoms with Crippen LogP contribution in [-0.4, -0.2) is 35.8 Å². The first-order chi connectivity index (χ1) is 9.52. The van der Waals surface area contributed by atoms with E-state index in [1.807, 2.05) is 0 Å². The van der Waals surface area contributed by atoms with Gasteiger partial charge in [0.25, 0.3) is 0 Å². The summed E-state index contributed by atoms with van der Waals surface area (Å²) in [5.74, 6) is -0.391. The molecule has 1 atom stereocenters. The maximum Gasteiger partial charge on any atom is 0.247 e. The largest absolute Gasteiger partial charge is 0.497 e. The fraction of sp³-hybridized carbons (Fsp3) is 0.357. The van der Waals surface area contributed by atoms with E-state index in [9.17, 15) is 14.4 Å². The number of carbonyl (C=O) groups is 3. The van der Waals surface area contributed by atoms with Crippen LogP contribution in [0, 0.1) is 0 Å². The molecule has 0 bridgehead atoms. The molecule has 6 nitrogen and oxygen atoms in total. The summed E-state index contributed by atoms with van der Waals surface area (Å²) in [6.45, 7) is 1.54. The van der Waals surface area contributed by atoms with Crippen molar-refractivity contribution in [2.75, 3.05) is 12.4 Å². The summed E-state index contributed by atoms with van der Waals surface area (Å²) in [5, 5.41) is 2.67. The van der Waals surface area contributed by atoms with Crippen LogP contribution in [-0.2, 0) is 14.4 Å². The SMILES string of the molecule is COc1cccc(NC(=O)[C@@H](C)N2C(=O)CCC2=O)c1. The molecule has 0 aliphatic carbocycles. The van der Waals surface area contributed by atoms with E-state index in [0.29, 0.717) is 11.4 Å². The highest BCUT2D eigenvalue weighted by Gasteiger charge is 2.36. The lowest BCUT2D eigenvalue weighted by molar-refractivity contribution is -0.144. The second-order valence-corrected chi connectivity index (χ2v) is 4.55. The normalized spacial score (nSPS) is 16.2. The molecule has 1 aliphatic rings. The molecule has 1 N–H and O–H groups in total. The van der Waals surface area contributed by atoms with Gasteiger partial charge in [0.1, 0.15) is 11.8 Å². The van der Waals surface area contributed by atoms with Gasteiger partial charge >= 0.3 is 0 Å². The fourth-order valence-electron chi connectivity index (χ4n) is 2.09. The summed E-state index contributed by atoms with van der Waals surface area (Å²) < 4.78 is 5.06. The molecule has 1 aromatic carbocycles. The molecule has 1 heterocycles. The Morgan fingerprint density at radius 2 is 1.95 bits per heavy atom. The number of imide groups is 1. The van der Waals surface area contributed by atoms with Crippen LogP contribution in [0.1, 0.15) is 19.8 Å². The lowest BCUT2D eigenvalue weighted by Gasteiger charge is -2.21. The Hall–Kier alpha value is -2.37. The van der Waals surface area contributed by atoms with Crippen LogP contribution >= 0.6 is 0 Å². The number of carbonyl (C=O) groups excluding carboxylic acids is 3. The van der Waals surface area contributed by atoms with Gasteiger partial charge in [0.15, 0.2) is 0 Å². The van der Waals surface area contributed by atoms with Gasteiger partial charge in [-0.05, 0) is 19.1 Å². The summed E-state index contributed by atoms with van der Waals surface area (Å²) in [4.78, 5) is 36.3. The first kappa shape index (κ1) is 14.0. The molecule has 1 aliphatic heterocycles. The standard InChI is InChI=1S/C14H16N2O4/c1-9(16-12(17)6-7-13(16)18)14(19)15-10-4-3-5-11(8-10)20-2/h3-5,8-9H,6-7H2,1-2H3,(H,15,19)/t9-/m1/s1. The first-order valence-electron chi connectivity index (χ1n) is 6.32. The number of ether oxygens (including phenoxy) is 1. The minimum atomic E-state index is -0.816. The number of likely N-dealkylation sites (tertiary alicyclic amines) is 1. The van der Waals surface area contributed by atoms with Gasteiger partial charge in [-0.15, -0.1) is 0 Å². The van der Waals surface area contributed by atoms with Crippen molar-refractivity contribution in [3.05, 3.63) is 24.3 Å². The van der Waals surface area contributed by atoms with E-state index in [0.717, 1.165) is 4.90 Å². The predicted octanol–water partition coefficient (Wildman–Crippen LogP) is 1.17. The molecule has 0 unspecified atom stereocenters. The number of amides is 3. The number of methoxy groups -OCH3 is 1. The minimum Gasteiger partial charge on any atom is -0.497 e. The molecule has 1 fully saturated rings. The molecule has 106 valence electrons. The van der Waals surface area contributed by atoms with E-state index in [1.54, 1.807) is 24.3 Å². The molecule has 0 radical (unpaired) electrons. The van der Waals surface area contributed by atoms with Gasteiger partial charge in [-0.2, -0.15) is 0 Å². The topological polar surface area (TPSA) is 75.7 Å². The van der Waals surface area contributed by atoms with E-state index < -0.39 is 11.9 Å². The zero-order valence-corrected chi connectivity index (χ0v) is 11.4. The summed E-state index contributed by atoms with van der Waals surface area (Å²) in [6, 6.07) is 6.06. The minimum absolute atomic E-state index is 0.176. The molecule has 2 rings (SSSR count). The first-order valence-corrected chi connectivity index (χ1v) is 6.32. The molecular formula is C14H16N2O4. The van der Waals surface area contributed by atoms with Crippen molar-refractivity contribution in [3.63, 3.8) is 0 Å². The van der Waals surface area contributed by atoms with Crippen LogP contribution in [0.4, 0.5) is 5.69 Å². The van der Waals surface area contributed by atoms with Crippen molar-refractivity contribution in [1.29, 1.82) is 0 Å². The molecular weight excluding hydrogens is 260 g/mol. The van der Waals surface area contributed by atoms with E-state index in [-0.39, 0.29) is 24.7 Å². The number of anilines is 1. The van der Waals surface area contributed by atoms with E-state index in [1.165, 1.54) is 14.0 Å². The van der Waals surface area contributed by atoms with Crippen LogP contribution in [0.3, 0.4) is 0 Å². The maximum absolute atomic E-state index is 12.1. The average molecular weight is 276 g/mol. The van der Waals surface area contributed by atoms with Crippen LogP contribution in [0.15, 0.2) is 24.3 Å². The van der Waals surface area contributed by atoms with Gasteiger partial charge in [-0.25, -0.2) is 0 Å². The zero-order chi connectivity index (χ0) is 14.7. The van der Waals surface area contributed by atoms with Gasteiger partial charge in [0, 0.05) is 24.6 Å². The molecule has 6 heteroatoms. The molecule has 0 spiro atoms. The Kier molecular flexibility index (Phi) is 4.02. The molecule has 3 amide bonds. The average Bonchev–Trinajstić information content (AvgIpc) is 2.77. The Morgan fingerprint density at radius 3 is 2.55 bits per heavy atom. The Bertz CT molecular complexity index is 540. The van der Waals surface area contributed by atoms with Crippen molar-refractivity contribution in [1.82, 2.24) is 4.90 Å². The third-order valence-electron chi connectivity index (χ3n) is 3.19. The van der Waals surface area contributed by atoms with Gasteiger partial charge in [-0.1, -0.05) is 6.07 Å². The number of hydrogen-bond acceptors (Lipinski definition) is 4. The number of hydrogen-bond donors (Lipinski definition) is 1. The molecule has 1 saturated heterocycles. The lowest BCUT2D eigenvalue weighted by atomic mass is 10.2. The smallest absolute Gasteiger partial charge is 0.247 e. The van der Waals surface area contributed by atoms with Crippen molar-refractivity contribution < 1.29 is 19.1 Å². The Balaban J connectivity index is 2.07. The summed E-state index contributed by atoms with van der Waals surface area (Å²) >= 11 is 0. The molecule has 1 aromatic rings. The van der Waals surface area contributed by atoms with Gasteiger partial charge in [0.2, 0.25) is 17.7 Å². The third kappa shape index (κ3) is 2.79. The summed E-state index contributed by atoms with van der Waals surface area (Å²) in [5.41, 5.74) is 0.556. The van der Waals surface area contributed by atoms with E-state index in [4.69, 9.17) is 4.74 Å². The highest BCUT2D eigenvalue weighted by Crippen LogP contribution is 2.19. The third-order valence-corrected chi connectivity index (χ3v) is 3.19. The van der Waals surface area contributed by atoms with Crippen molar-refractivity contribution in [2.45, 2.75) is 25.8 Å². The fourth-order valence-corrected chi connectivity index (χ4v) is 2.09. The predicted molar refractivity (Wildman–Crippen MR) is 72.2 cm³/mol. The molecule has 20 heavy (non-hydrogen) atoms. The van der Waals surface area contributed by atoms with Crippen molar-refractivity contribution in [2.24, 2.45) is 0 Å². The Labute approximate surface area is 116 Å². The number of benzene rings is 1. The summed E-state index contributed by atoms with van der Waals surface area (Å²) in [7, 11) is 1.53. The highest BCUT2D eigenvalue weighted by molar-refractivity contribution is 6.07.